The monoisotopic (exact) mass is 463 g/mol. The smallest absolute Gasteiger partial charge is 0.186 e. The van der Waals surface area contributed by atoms with Crippen LogP contribution in [0.3, 0.4) is 0 Å². The van der Waals surface area contributed by atoms with E-state index in [0.29, 0.717) is 18.1 Å². The van der Waals surface area contributed by atoms with E-state index in [4.69, 9.17) is 14.7 Å². The van der Waals surface area contributed by atoms with Gasteiger partial charge in [0.25, 0.3) is 0 Å². The second-order valence-electron chi connectivity index (χ2n) is 8.91. The second-order valence-corrected chi connectivity index (χ2v) is 8.91. The summed E-state index contributed by atoms with van der Waals surface area (Å²) in [5.41, 5.74) is 8.03. The lowest BCUT2D eigenvalue weighted by Crippen LogP contribution is -2.08. The highest BCUT2D eigenvalue weighted by atomic mass is 16.5. The summed E-state index contributed by atoms with van der Waals surface area (Å²) >= 11 is 0. The minimum absolute atomic E-state index is 0.222. The van der Waals surface area contributed by atoms with Gasteiger partial charge in [-0.1, -0.05) is 55.1 Å². The zero-order valence-corrected chi connectivity index (χ0v) is 19.9. The standard InChI is InChI=1S/C27H25N7O/c1-5-23-29-25-15(2)12-16(3)28-27(25)34(23)14-18-10-11-21-22(13-18)35-17(4)19-8-6-7-9-20(19)24(21)26-30-32-33-31-26/h6-13,24H,4-5,14H2,1-3H3,(H,30,31,32,33). The van der Waals surface area contributed by atoms with Gasteiger partial charge in [0.15, 0.2) is 11.5 Å². The van der Waals surface area contributed by atoms with E-state index in [-0.39, 0.29) is 5.92 Å². The lowest BCUT2D eigenvalue weighted by Gasteiger charge is -2.16. The molecule has 8 heteroatoms. The summed E-state index contributed by atoms with van der Waals surface area (Å²) in [6.45, 7) is 11.1. The summed E-state index contributed by atoms with van der Waals surface area (Å²) < 4.78 is 8.53. The number of fused-ring (bicyclic) bond motifs is 3. The molecule has 5 aromatic rings. The van der Waals surface area contributed by atoms with Crippen LogP contribution in [0.2, 0.25) is 0 Å². The molecule has 8 nitrogen and oxygen atoms in total. The average molecular weight is 464 g/mol. The Labute approximate surface area is 202 Å². The fourth-order valence-corrected chi connectivity index (χ4v) is 5.00. The maximum absolute atomic E-state index is 6.33. The van der Waals surface area contributed by atoms with Crippen molar-refractivity contribution in [1.29, 1.82) is 0 Å². The zero-order chi connectivity index (χ0) is 24.1. The average Bonchev–Trinajstić information content (AvgIpc) is 3.47. The topological polar surface area (TPSA) is 94.4 Å². The van der Waals surface area contributed by atoms with Crippen molar-refractivity contribution in [3.63, 3.8) is 0 Å². The van der Waals surface area contributed by atoms with Crippen LogP contribution in [0.15, 0.2) is 55.1 Å². The van der Waals surface area contributed by atoms with Crippen molar-refractivity contribution in [2.24, 2.45) is 0 Å². The summed E-state index contributed by atoms with van der Waals surface area (Å²) in [4.78, 5) is 9.70. The molecule has 0 saturated carbocycles. The number of aromatic nitrogens is 7. The van der Waals surface area contributed by atoms with Crippen molar-refractivity contribution >= 4 is 16.9 Å². The molecule has 1 aliphatic heterocycles. The molecule has 1 unspecified atom stereocenters. The van der Waals surface area contributed by atoms with Crippen LogP contribution in [-0.2, 0) is 13.0 Å². The van der Waals surface area contributed by atoms with Gasteiger partial charge in [0.05, 0.1) is 12.5 Å². The van der Waals surface area contributed by atoms with E-state index in [1.54, 1.807) is 0 Å². The molecule has 1 atom stereocenters. The Morgan fingerprint density at radius 1 is 1.06 bits per heavy atom. The molecule has 0 spiro atoms. The van der Waals surface area contributed by atoms with Crippen molar-refractivity contribution in [3.8, 4) is 5.75 Å². The number of H-pyrrole nitrogens is 1. The number of nitrogens with zero attached hydrogens (tertiary/aromatic N) is 6. The minimum Gasteiger partial charge on any atom is -0.457 e. The lowest BCUT2D eigenvalue weighted by atomic mass is 9.87. The van der Waals surface area contributed by atoms with Crippen molar-refractivity contribution < 1.29 is 4.74 Å². The number of hydrogen-bond acceptors (Lipinski definition) is 6. The van der Waals surface area contributed by atoms with Gasteiger partial charge in [-0.15, -0.1) is 10.2 Å². The third kappa shape index (κ3) is 3.49. The number of hydrogen-bond donors (Lipinski definition) is 1. The van der Waals surface area contributed by atoms with Crippen LogP contribution in [-0.4, -0.2) is 35.2 Å². The van der Waals surface area contributed by atoms with Crippen molar-refractivity contribution in [2.45, 2.75) is 39.7 Å². The third-order valence-corrected chi connectivity index (χ3v) is 6.57. The Morgan fingerprint density at radius 3 is 2.71 bits per heavy atom. The maximum Gasteiger partial charge on any atom is 0.186 e. The Morgan fingerprint density at radius 2 is 1.91 bits per heavy atom. The number of aryl methyl sites for hydroxylation is 3. The van der Waals surface area contributed by atoms with Crippen molar-refractivity contribution in [3.05, 3.63) is 100 Å². The molecule has 35 heavy (non-hydrogen) atoms. The number of tetrazole rings is 1. The minimum atomic E-state index is -0.222. The predicted octanol–water partition coefficient (Wildman–Crippen LogP) is 4.72. The quantitative estimate of drug-likeness (QED) is 0.415. The van der Waals surface area contributed by atoms with Crippen LogP contribution in [0.25, 0.3) is 16.9 Å². The van der Waals surface area contributed by atoms with Crippen LogP contribution < -0.4 is 4.74 Å². The van der Waals surface area contributed by atoms with E-state index < -0.39 is 0 Å². The molecular weight excluding hydrogens is 438 g/mol. The van der Waals surface area contributed by atoms with E-state index in [1.807, 2.05) is 25.1 Å². The Hall–Kier alpha value is -4.33. The van der Waals surface area contributed by atoms with E-state index in [0.717, 1.165) is 62.7 Å². The molecule has 3 aromatic heterocycles. The van der Waals surface area contributed by atoms with E-state index in [9.17, 15) is 0 Å². The largest absolute Gasteiger partial charge is 0.457 e. The van der Waals surface area contributed by atoms with E-state index in [2.05, 4.69) is 75.9 Å². The first-order valence-corrected chi connectivity index (χ1v) is 11.7. The van der Waals surface area contributed by atoms with Crippen LogP contribution in [0.1, 0.15) is 58.0 Å². The first-order chi connectivity index (χ1) is 17.0. The zero-order valence-electron chi connectivity index (χ0n) is 19.9. The third-order valence-electron chi connectivity index (χ3n) is 6.57. The molecular formula is C27H25N7O. The first-order valence-electron chi connectivity index (χ1n) is 11.7. The number of ether oxygens (including phenoxy) is 1. The highest BCUT2D eigenvalue weighted by molar-refractivity contribution is 5.76. The molecule has 0 radical (unpaired) electrons. The van der Waals surface area contributed by atoms with Gasteiger partial charge in [0.1, 0.15) is 22.8 Å². The molecule has 2 aromatic carbocycles. The van der Waals surface area contributed by atoms with Crippen LogP contribution in [0.4, 0.5) is 0 Å². The number of imidazole rings is 1. The number of pyridine rings is 1. The van der Waals surface area contributed by atoms with Gasteiger partial charge in [-0.05, 0) is 42.7 Å². The molecule has 1 aliphatic rings. The van der Waals surface area contributed by atoms with Gasteiger partial charge in [-0.3, -0.25) is 0 Å². The second kappa shape index (κ2) is 8.16. The SMILES string of the molecule is C=C1Oc2cc(Cn3c(CC)nc4c(C)cc(C)nc43)ccc2C(c2nn[nH]n2)c2ccccc21. The summed E-state index contributed by atoms with van der Waals surface area (Å²) in [6.07, 6.45) is 0.822. The fraction of sp³-hybridized carbons (Fsp3) is 0.222. The number of nitrogens with one attached hydrogen (secondary N) is 1. The predicted molar refractivity (Wildman–Crippen MR) is 133 cm³/mol. The molecule has 0 bridgehead atoms. The van der Waals surface area contributed by atoms with Gasteiger partial charge >= 0.3 is 0 Å². The molecule has 4 heterocycles. The normalized spacial score (nSPS) is 14.9. The van der Waals surface area contributed by atoms with Crippen LogP contribution in [0, 0.1) is 13.8 Å². The Balaban J connectivity index is 1.48. The highest BCUT2D eigenvalue weighted by Gasteiger charge is 2.31. The lowest BCUT2D eigenvalue weighted by molar-refractivity contribution is 0.512. The summed E-state index contributed by atoms with van der Waals surface area (Å²) in [7, 11) is 0. The molecule has 6 rings (SSSR count). The molecule has 0 amide bonds. The van der Waals surface area contributed by atoms with E-state index >= 15 is 0 Å². The summed E-state index contributed by atoms with van der Waals surface area (Å²) in [6, 6.07) is 16.4. The fourth-order valence-electron chi connectivity index (χ4n) is 5.00. The van der Waals surface area contributed by atoms with Crippen molar-refractivity contribution in [2.75, 3.05) is 0 Å². The Kier molecular flexibility index (Phi) is 4.95. The van der Waals surface area contributed by atoms with Gasteiger partial charge < -0.3 is 9.30 Å². The molecule has 0 fully saturated rings. The number of benzene rings is 2. The van der Waals surface area contributed by atoms with Gasteiger partial charge in [0.2, 0.25) is 0 Å². The van der Waals surface area contributed by atoms with Gasteiger partial charge in [-0.2, -0.15) is 5.21 Å². The number of rotatable bonds is 4. The molecule has 174 valence electrons. The van der Waals surface area contributed by atoms with Crippen molar-refractivity contribution in [1.82, 2.24) is 35.2 Å². The molecule has 0 aliphatic carbocycles. The molecule has 0 saturated heterocycles. The van der Waals surface area contributed by atoms with E-state index in [1.165, 1.54) is 0 Å². The first kappa shape index (κ1) is 21.2. The summed E-state index contributed by atoms with van der Waals surface area (Å²) in [5.74, 6) is 2.72. The summed E-state index contributed by atoms with van der Waals surface area (Å²) in [5, 5.41) is 15.0. The van der Waals surface area contributed by atoms with Gasteiger partial charge in [0, 0.05) is 23.2 Å². The number of aromatic amines is 1. The Bertz CT molecular complexity index is 1580. The highest BCUT2D eigenvalue weighted by Crippen LogP contribution is 2.43. The van der Waals surface area contributed by atoms with Gasteiger partial charge in [-0.25, -0.2) is 9.97 Å². The molecule has 1 N–H and O–H groups in total. The maximum atomic E-state index is 6.33. The van der Waals surface area contributed by atoms with Crippen LogP contribution >= 0.6 is 0 Å². The van der Waals surface area contributed by atoms with Crippen LogP contribution in [0.5, 0.6) is 5.75 Å².